The van der Waals surface area contributed by atoms with Crippen LogP contribution in [0, 0.1) is 5.41 Å². The lowest BCUT2D eigenvalue weighted by atomic mass is 9.83. The van der Waals surface area contributed by atoms with Crippen LogP contribution in [0.5, 0.6) is 0 Å². The van der Waals surface area contributed by atoms with Gasteiger partial charge in [-0.05, 0) is 20.3 Å². The summed E-state index contributed by atoms with van der Waals surface area (Å²) in [5.41, 5.74) is -2.24. The summed E-state index contributed by atoms with van der Waals surface area (Å²) in [6, 6.07) is 0. The highest BCUT2D eigenvalue weighted by Crippen LogP contribution is 2.28. The highest BCUT2D eigenvalue weighted by Gasteiger charge is 2.55. The largest absolute Gasteiger partial charge is 0.480 e. The minimum Gasteiger partial charge on any atom is -0.480 e. The molecule has 1 N–H and O–H groups in total. The number of carboxylic acid groups (broad SMARTS) is 1. The smallest absolute Gasteiger partial charge is 0.335 e. The van der Waals surface area contributed by atoms with Crippen molar-refractivity contribution in [3.8, 4) is 0 Å². The first-order chi connectivity index (χ1) is 7.97. The average Bonchev–Trinajstić information content (AvgIpc) is 2.25. The Balaban J connectivity index is 5.33. The van der Waals surface area contributed by atoms with Crippen LogP contribution < -0.4 is 0 Å². The topological polar surface area (TPSA) is 89.9 Å². The molecule has 0 aromatic rings. The summed E-state index contributed by atoms with van der Waals surface area (Å²) < 4.78 is 9.34. The van der Waals surface area contributed by atoms with Crippen LogP contribution in [0.4, 0.5) is 0 Å². The van der Waals surface area contributed by atoms with E-state index in [1.165, 1.54) is 0 Å². The van der Waals surface area contributed by atoms with Gasteiger partial charge < -0.3 is 14.6 Å². The summed E-state index contributed by atoms with van der Waals surface area (Å²) in [5, 5.41) is 9.15. The molecule has 0 aliphatic heterocycles. The van der Waals surface area contributed by atoms with E-state index in [1.807, 2.05) is 0 Å². The molecule has 0 aromatic heterocycles. The molecule has 98 valence electrons. The summed E-state index contributed by atoms with van der Waals surface area (Å²) in [4.78, 5) is 34.7. The molecule has 0 rings (SSSR count). The lowest BCUT2D eigenvalue weighted by Crippen LogP contribution is -2.48. The normalized spacial score (nSPS) is 10.8. The van der Waals surface area contributed by atoms with Crippen molar-refractivity contribution >= 4 is 17.9 Å². The van der Waals surface area contributed by atoms with E-state index in [0.717, 1.165) is 0 Å². The zero-order valence-corrected chi connectivity index (χ0v) is 10.3. The quantitative estimate of drug-likeness (QED) is 0.532. The number of carbonyl (C=O) groups is 3. The van der Waals surface area contributed by atoms with E-state index in [2.05, 4.69) is 9.47 Å². The zero-order chi connectivity index (χ0) is 13.5. The van der Waals surface area contributed by atoms with Gasteiger partial charge in [0, 0.05) is 0 Å². The summed E-state index contributed by atoms with van der Waals surface area (Å²) in [5.74, 6) is -3.66. The van der Waals surface area contributed by atoms with Crippen molar-refractivity contribution in [1.29, 1.82) is 0 Å². The Hall–Kier alpha value is -1.59. The molecule has 0 heterocycles. The van der Waals surface area contributed by atoms with Crippen LogP contribution in [-0.2, 0) is 23.9 Å². The fourth-order valence-electron chi connectivity index (χ4n) is 1.45. The molecule has 0 atom stereocenters. The third kappa shape index (κ3) is 3.18. The Kier molecular flexibility index (Phi) is 6.23. The SMILES string of the molecule is CCCC(C(=O)O)(C(=O)OCC)C(=O)OCC. The van der Waals surface area contributed by atoms with Gasteiger partial charge in [0.05, 0.1) is 13.2 Å². The van der Waals surface area contributed by atoms with E-state index in [-0.39, 0.29) is 19.6 Å². The fourth-order valence-corrected chi connectivity index (χ4v) is 1.45. The Bertz CT molecular complexity index is 278. The fraction of sp³-hybridized carbons (Fsp3) is 0.727. The first-order valence-electron chi connectivity index (χ1n) is 5.55. The van der Waals surface area contributed by atoms with E-state index >= 15 is 0 Å². The Morgan fingerprint density at radius 3 is 1.65 bits per heavy atom. The molecule has 0 amide bonds. The molecule has 0 fully saturated rings. The second-order valence-electron chi connectivity index (χ2n) is 3.40. The highest BCUT2D eigenvalue weighted by molar-refractivity contribution is 6.17. The van der Waals surface area contributed by atoms with Crippen molar-refractivity contribution in [2.45, 2.75) is 33.6 Å². The van der Waals surface area contributed by atoms with Gasteiger partial charge in [0.15, 0.2) is 0 Å². The maximum absolute atomic E-state index is 11.7. The predicted molar refractivity (Wildman–Crippen MR) is 58.2 cm³/mol. The molecule has 0 aromatic carbocycles. The number of rotatable bonds is 7. The van der Waals surface area contributed by atoms with Crippen molar-refractivity contribution in [2.75, 3.05) is 13.2 Å². The van der Waals surface area contributed by atoms with E-state index in [4.69, 9.17) is 5.11 Å². The summed E-state index contributed by atoms with van der Waals surface area (Å²) in [6.07, 6.45) is 0.212. The monoisotopic (exact) mass is 246 g/mol. The van der Waals surface area contributed by atoms with Gasteiger partial charge in [-0.3, -0.25) is 14.4 Å². The average molecular weight is 246 g/mol. The molecule has 6 nitrogen and oxygen atoms in total. The highest BCUT2D eigenvalue weighted by atomic mass is 16.6. The summed E-state index contributed by atoms with van der Waals surface area (Å²) in [6.45, 7) is 4.79. The van der Waals surface area contributed by atoms with Crippen molar-refractivity contribution in [3.05, 3.63) is 0 Å². The molecule has 0 saturated carbocycles. The molecule has 17 heavy (non-hydrogen) atoms. The summed E-state index contributed by atoms with van der Waals surface area (Å²) >= 11 is 0. The molecular weight excluding hydrogens is 228 g/mol. The lowest BCUT2D eigenvalue weighted by molar-refractivity contribution is -0.181. The van der Waals surface area contributed by atoms with Gasteiger partial charge in [-0.25, -0.2) is 0 Å². The second-order valence-corrected chi connectivity index (χ2v) is 3.40. The lowest BCUT2D eigenvalue weighted by Gasteiger charge is -2.24. The standard InChI is InChI=1S/C11H18O6/c1-4-7-11(8(12)13,9(14)16-5-2)10(15)17-6-3/h4-7H2,1-3H3,(H,12,13). The molecule has 6 heteroatoms. The number of ether oxygens (including phenoxy) is 2. The molecule has 0 aliphatic carbocycles. The van der Waals surface area contributed by atoms with Crippen molar-refractivity contribution in [1.82, 2.24) is 0 Å². The number of hydrogen-bond donors (Lipinski definition) is 1. The summed E-state index contributed by atoms with van der Waals surface area (Å²) in [7, 11) is 0. The van der Waals surface area contributed by atoms with E-state index in [1.54, 1.807) is 20.8 Å². The minimum absolute atomic E-state index is 0.0109. The Morgan fingerprint density at radius 2 is 1.41 bits per heavy atom. The molecule has 0 saturated heterocycles. The maximum Gasteiger partial charge on any atom is 0.335 e. The molecule has 0 bridgehead atoms. The molecule has 0 radical (unpaired) electrons. The van der Waals surface area contributed by atoms with Gasteiger partial charge in [-0.1, -0.05) is 13.3 Å². The first-order valence-corrected chi connectivity index (χ1v) is 5.55. The Morgan fingerprint density at radius 1 is 1.00 bits per heavy atom. The number of carboxylic acids is 1. The number of carbonyl (C=O) groups excluding carboxylic acids is 2. The van der Waals surface area contributed by atoms with Crippen LogP contribution in [0.2, 0.25) is 0 Å². The predicted octanol–water partition coefficient (Wildman–Crippen LogP) is 0.984. The Labute approximate surface area is 99.9 Å². The van der Waals surface area contributed by atoms with Crippen LogP contribution in [0.25, 0.3) is 0 Å². The van der Waals surface area contributed by atoms with E-state index < -0.39 is 23.3 Å². The van der Waals surface area contributed by atoms with Crippen LogP contribution >= 0.6 is 0 Å². The van der Waals surface area contributed by atoms with Gasteiger partial charge >= 0.3 is 17.9 Å². The van der Waals surface area contributed by atoms with Crippen molar-refractivity contribution < 1.29 is 29.0 Å². The second kappa shape index (κ2) is 6.88. The van der Waals surface area contributed by atoms with Crippen molar-refractivity contribution in [3.63, 3.8) is 0 Å². The van der Waals surface area contributed by atoms with Crippen LogP contribution in [0.3, 0.4) is 0 Å². The zero-order valence-electron chi connectivity index (χ0n) is 10.3. The van der Waals surface area contributed by atoms with Gasteiger partial charge in [0.25, 0.3) is 5.41 Å². The van der Waals surface area contributed by atoms with Gasteiger partial charge in [0.2, 0.25) is 0 Å². The first kappa shape index (κ1) is 15.4. The number of esters is 2. The maximum atomic E-state index is 11.7. The number of aliphatic carboxylic acids is 1. The van der Waals surface area contributed by atoms with Crippen LogP contribution in [0.15, 0.2) is 0 Å². The minimum atomic E-state index is -2.24. The van der Waals surface area contributed by atoms with E-state index in [9.17, 15) is 14.4 Å². The van der Waals surface area contributed by atoms with Crippen LogP contribution in [0.1, 0.15) is 33.6 Å². The van der Waals surface area contributed by atoms with Crippen LogP contribution in [-0.4, -0.2) is 36.2 Å². The molecular formula is C11H18O6. The molecule has 0 unspecified atom stereocenters. The third-order valence-corrected chi connectivity index (χ3v) is 2.24. The van der Waals surface area contributed by atoms with Gasteiger partial charge in [-0.15, -0.1) is 0 Å². The van der Waals surface area contributed by atoms with E-state index in [0.29, 0.717) is 6.42 Å². The number of hydrogen-bond acceptors (Lipinski definition) is 5. The molecule has 0 spiro atoms. The van der Waals surface area contributed by atoms with Gasteiger partial charge in [0.1, 0.15) is 0 Å². The third-order valence-electron chi connectivity index (χ3n) is 2.24. The molecule has 0 aliphatic rings. The van der Waals surface area contributed by atoms with Gasteiger partial charge in [-0.2, -0.15) is 0 Å². The van der Waals surface area contributed by atoms with Crippen molar-refractivity contribution in [2.24, 2.45) is 5.41 Å².